The van der Waals surface area contributed by atoms with E-state index < -0.39 is 110 Å². The van der Waals surface area contributed by atoms with Crippen LogP contribution in [0.15, 0.2) is 109 Å². The molecule has 1 saturated carbocycles. The summed E-state index contributed by atoms with van der Waals surface area (Å²) in [6, 6.07) is 13.3. The lowest BCUT2D eigenvalue weighted by Crippen LogP contribution is -2.55. The van der Waals surface area contributed by atoms with Crippen LogP contribution in [-0.2, 0) is 20.4 Å². The highest BCUT2D eigenvalue weighted by Gasteiger charge is 2.74. The first-order valence-electron chi connectivity index (χ1n) is 21.9. The number of anilines is 3. The lowest BCUT2D eigenvalue weighted by Gasteiger charge is -2.39. The van der Waals surface area contributed by atoms with E-state index >= 15 is 26.3 Å². The average molecular weight is 1000 g/mol. The van der Waals surface area contributed by atoms with E-state index in [9.17, 15) is 45.5 Å². The van der Waals surface area contributed by atoms with Crippen LogP contribution in [0.1, 0.15) is 77.2 Å². The first-order valence-corrected chi connectivity index (χ1v) is 21.9. The van der Waals surface area contributed by atoms with Gasteiger partial charge in [-0.05, 0) is 139 Å². The van der Waals surface area contributed by atoms with Crippen LogP contribution < -0.4 is 15.5 Å². The summed E-state index contributed by atoms with van der Waals surface area (Å²) < 4.78 is 183. The monoisotopic (exact) mass is 999 g/mol. The van der Waals surface area contributed by atoms with Crippen molar-refractivity contribution in [2.24, 2.45) is 23.7 Å². The number of rotatable bonds is 9. The summed E-state index contributed by atoms with van der Waals surface area (Å²) in [7, 11) is 0. The number of nitrogens with one attached hydrogen (secondary N) is 2. The van der Waals surface area contributed by atoms with E-state index in [1.54, 1.807) is 12.2 Å². The fourth-order valence-electron chi connectivity index (χ4n) is 10.3. The van der Waals surface area contributed by atoms with Crippen molar-refractivity contribution in [2.75, 3.05) is 15.5 Å². The van der Waals surface area contributed by atoms with Crippen molar-refractivity contribution in [1.29, 1.82) is 0 Å². The van der Waals surface area contributed by atoms with Gasteiger partial charge in [0.25, 0.3) is 11.8 Å². The average Bonchev–Trinajstić information content (AvgIpc) is 3.96. The standard InChI is InChI=1S/C52H41F12N3O4/c1-25-9-15-34(19-29(25)5)47(49(53,54)55,50(56,57)58)35-16-10-26(2)38(22-35)65-43(68)32-7-6-8-33(21-32)44(69)66-39-23-36(17-11-27(39)3)48(51(59,60)61,52(62,63)64)37-18-12-28(4)40(24-37)67-45(70)41-30-13-14-31(20-30)42(41)46(67)71/h6-19,21-24,30-31,41-42H,20H2,1-5H3,(H,65,68)(H,66,69). The van der Waals surface area contributed by atoms with Crippen molar-refractivity contribution in [2.45, 2.75) is 76.6 Å². The van der Waals surface area contributed by atoms with E-state index in [0.29, 0.717) is 53.3 Å². The third-order valence-electron chi connectivity index (χ3n) is 14.2. The van der Waals surface area contributed by atoms with E-state index in [4.69, 9.17) is 0 Å². The van der Waals surface area contributed by atoms with E-state index in [2.05, 4.69) is 10.6 Å². The number of alkyl halides is 12. The van der Waals surface area contributed by atoms with E-state index in [-0.39, 0.29) is 45.2 Å². The molecule has 2 N–H and O–H groups in total. The number of carbonyl (C=O) groups excluding carboxylic acids is 4. The number of nitrogens with zero attached hydrogens (tertiary/aromatic N) is 1. The van der Waals surface area contributed by atoms with E-state index in [1.165, 1.54) is 34.6 Å². The van der Waals surface area contributed by atoms with Crippen LogP contribution in [-0.4, -0.2) is 48.3 Å². The molecule has 4 atom stereocenters. The van der Waals surface area contributed by atoms with Crippen LogP contribution >= 0.6 is 0 Å². The number of fused-ring (bicyclic) bond motifs is 5. The minimum Gasteiger partial charge on any atom is -0.322 e. The molecule has 5 aromatic rings. The largest absolute Gasteiger partial charge is 0.411 e. The van der Waals surface area contributed by atoms with Gasteiger partial charge in [0.15, 0.2) is 0 Å². The molecule has 2 bridgehead atoms. The molecule has 19 heteroatoms. The SMILES string of the molecule is Cc1ccc(C(c2ccc(C)c(NC(=O)c3cccc(C(=O)Nc4cc(C(c5ccc(C)c(N6C(=O)C7C8C=CC(C8)C7C6=O)c5)(C(F)(F)F)C(F)(F)F)ccc4C)c3)c2)(C(F)(F)F)C(F)(F)F)cc1C. The zero-order valence-electron chi connectivity index (χ0n) is 38.0. The Balaban J connectivity index is 1.11. The van der Waals surface area contributed by atoms with Crippen LogP contribution in [0, 0.1) is 58.3 Å². The number of carbonyl (C=O) groups is 4. The van der Waals surface area contributed by atoms with Gasteiger partial charge < -0.3 is 10.6 Å². The highest BCUT2D eigenvalue weighted by molar-refractivity contribution is 6.23. The Labute approximate surface area is 397 Å². The number of amides is 4. The molecule has 1 heterocycles. The molecule has 2 aliphatic carbocycles. The summed E-state index contributed by atoms with van der Waals surface area (Å²) in [5.41, 5.74) is -16.0. The molecule has 7 nitrogen and oxygen atoms in total. The Hall–Kier alpha value is -6.92. The molecule has 372 valence electrons. The minimum atomic E-state index is -6.13. The molecular weight excluding hydrogens is 959 g/mol. The maximum Gasteiger partial charge on any atom is 0.411 e. The number of imide groups is 1. The summed E-state index contributed by atoms with van der Waals surface area (Å²) >= 11 is 0. The van der Waals surface area contributed by atoms with Crippen molar-refractivity contribution in [3.05, 3.63) is 170 Å². The maximum absolute atomic E-state index is 15.6. The number of aryl methyl sites for hydroxylation is 5. The van der Waals surface area contributed by atoms with E-state index in [0.717, 1.165) is 60.7 Å². The second-order valence-electron chi connectivity index (χ2n) is 18.4. The summed E-state index contributed by atoms with van der Waals surface area (Å²) in [5, 5.41) is 4.58. The highest BCUT2D eigenvalue weighted by atomic mass is 19.4. The van der Waals surface area contributed by atoms with Crippen molar-refractivity contribution in [3.63, 3.8) is 0 Å². The van der Waals surface area contributed by atoms with Gasteiger partial charge in [-0.15, -0.1) is 0 Å². The Kier molecular flexibility index (Phi) is 12.2. The van der Waals surface area contributed by atoms with Crippen molar-refractivity contribution in [1.82, 2.24) is 0 Å². The van der Waals surface area contributed by atoms with Crippen LogP contribution in [0.3, 0.4) is 0 Å². The van der Waals surface area contributed by atoms with Gasteiger partial charge in [-0.3, -0.25) is 19.2 Å². The Morgan fingerprint density at radius 3 is 1.23 bits per heavy atom. The molecule has 8 rings (SSSR count). The maximum atomic E-state index is 15.6. The summed E-state index contributed by atoms with van der Waals surface area (Å²) in [6.07, 6.45) is -20.1. The van der Waals surface area contributed by atoms with Gasteiger partial charge in [0.05, 0.1) is 17.5 Å². The number of halogens is 12. The molecule has 5 aromatic carbocycles. The lowest BCUT2D eigenvalue weighted by molar-refractivity contribution is -0.290. The predicted octanol–water partition coefficient (Wildman–Crippen LogP) is 12.9. The third-order valence-corrected chi connectivity index (χ3v) is 14.2. The van der Waals surface area contributed by atoms with E-state index in [1.807, 2.05) is 0 Å². The van der Waals surface area contributed by atoms with Crippen molar-refractivity contribution < 1.29 is 71.9 Å². The second kappa shape index (κ2) is 17.1. The van der Waals surface area contributed by atoms with Gasteiger partial charge in [0, 0.05) is 22.5 Å². The Morgan fingerprint density at radius 2 is 0.831 bits per heavy atom. The van der Waals surface area contributed by atoms with Gasteiger partial charge in [-0.1, -0.05) is 72.8 Å². The first kappa shape index (κ1) is 50.5. The van der Waals surface area contributed by atoms with Crippen LogP contribution in [0.5, 0.6) is 0 Å². The molecule has 1 aliphatic heterocycles. The molecule has 71 heavy (non-hydrogen) atoms. The van der Waals surface area contributed by atoms with Gasteiger partial charge >= 0.3 is 24.7 Å². The second-order valence-corrected chi connectivity index (χ2v) is 18.4. The molecule has 0 spiro atoms. The number of hydrogen-bond donors (Lipinski definition) is 2. The van der Waals surface area contributed by atoms with Crippen LogP contribution in [0.4, 0.5) is 69.7 Å². The number of benzene rings is 5. The fourth-order valence-corrected chi connectivity index (χ4v) is 10.3. The highest BCUT2D eigenvalue weighted by Crippen LogP contribution is 2.60. The van der Waals surface area contributed by atoms with Gasteiger partial charge in [0.2, 0.25) is 22.6 Å². The predicted molar refractivity (Wildman–Crippen MR) is 238 cm³/mol. The van der Waals surface area contributed by atoms with Gasteiger partial charge in [-0.2, -0.15) is 52.7 Å². The molecule has 1 saturated heterocycles. The molecule has 4 unspecified atom stereocenters. The minimum absolute atomic E-state index is 0.00757. The van der Waals surface area contributed by atoms with Crippen LogP contribution in [0.25, 0.3) is 0 Å². The number of allylic oxidation sites excluding steroid dienone is 2. The smallest absolute Gasteiger partial charge is 0.322 e. The molecule has 4 amide bonds. The normalized spacial score (nSPS) is 19.4. The molecular formula is C52H41F12N3O4. The zero-order chi connectivity index (χ0) is 52.1. The van der Waals surface area contributed by atoms with Crippen molar-refractivity contribution in [3.8, 4) is 0 Å². The fraction of sp³-hybridized carbons (Fsp3) is 0.308. The molecule has 0 aromatic heterocycles. The van der Waals surface area contributed by atoms with Gasteiger partial charge in [0.1, 0.15) is 0 Å². The molecule has 3 aliphatic rings. The molecule has 2 fully saturated rings. The topological polar surface area (TPSA) is 95.6 Å². The summed E-state index contributed by atoms with van der Waals surface area (Å²) in [4.78, 5) is 55.4. The summed E-state index contributed by atoms with van der Waals surface area (Å²) in [5.74, 6) is -5.93. The third kappa shape index (κ3) is 7.95. The first-order chi connectivity index (χ1) is 32.9. The number of hydrogen-bond acceptors (Lipinski definition) is 4. The summed E-state index contributed by atoms with van der Waals surface area (Å²) in [6.45, 7) is 6.79. The quantitative estimate of drug-likeness (QED) is 0.0874. The van der Waals surface area contributed by atoms with Crippen LogP contribution in [0.2, 0.25) is 0 Å². The van der Waals surface area contributed by atoms with Gasteiger partial charge in [-0.25, -0.2) is 4.90 Å². The lowest BCUT2D eigenvalue weighted by atomic mass is 9.72. The molecule has 0 radical (unpaired) electrons. The zero-order valence-corrected chi connectivity index (χ0v) is 38.0. The van der Waals surface area contributed by atoms with Crippen molar-refractivity contribution >= 4 is 40.7 Å². The Morgan fingerprint density at radius 1 is 0.465 bits per heavy atom. The Bertz CT molecular complexity index is 3000.